The van der Waals surface area contributed by atoms with Crippen molar-refractivity contribution in [3.63, 3.8) is 0 Å². The molecule has 0 bridgehead atoms. The molecule has 1 unspecified atom stereocenters. The van der Waals surface area contributed by atoms with E-state index in [0.717, 1.165) is 11.3 Å². The van der Waals surface area contributed by atoms with Gasteiger partial charge in [0.2, 0.25) is 5.91 Å². The molecular formula is C21H20N4O3. The van der Waals surface area contributed by atoms with Crippen LogP contribution in [0.3, 0.4) is 0 Å². The maximum Gasteiger partial charge on any atom is 0.420 e. The number of hydrogen-bond acceptors (Lipinski definition) is 4. The molecule has 0 saturated carbocycles. The molecule has 2 aromatic carbocycles. The first kappa shape index (κ1) is 17.8. The fourth-order valence-electron chi connectivity index (χ4n) is 3.30. The van der Waals surface area contributed by atoms with Gasteiger partial charge >= 0.3 is 5.76 Å². The topological polar surface area (TPSA) is 73.3 Å². The lowest BCUT2D eigenvalue weighted by molar-refractivity contribution is -0.133. The zero-order valence-corrected chi connectivity index (χ0v) is 15.6. The Labute approximate surface area is 161 Å². The van der Waals surface area contributed by atoms with Crippen molar-refractivity contribution in [2.45, 2.75) is 19.5 Å². The molecule has 2 aromatic heterocycles. The number of carbonyl (C=O) groups excluding carboxylic acids is 1. The molecule has 7 heteroatoms. The monoisotopic (exact) mass is 376 g/mol. The highest BCUT2D eigenvalue weighted by Gasteiger charge is 2.24. The van der Waals surface area contributed by atoms with Crippen LogP contribution >= 0.6 is 0 Å². The summed E-state index contributed by atoms with van der Waals surface area (Å²) < 4.78 is 8.40. The molecule has 28 heavy (non-hydrogen) atoms. The van der Waals surface area contributed by atoms with Crippen LogP contribution in [-0.2, 0) is 11.3 Å². The van der Waals surface area contributed by atoms with Gasteiger partial charge in [-0.3, -0.25) is 9.36 Å². The Morgan fingerprint density at radius 2 is 1.86 bits per heavy atom. The third-order valence-electron chi connectivity index (χ3n) is 4.72. The average molecular weight is 376 g/mol. The smallest absolute Gasteiger partial charge is 0.408 e. The standard InChI is InChI=1S/C21H20N4O3/c1-15(25-18-10-6-7-11-19(18)28-21(25)27)20(26)23(2)13-16-12-22-24(14-16)17-8-4-3-5-9-17/h3-12,14-15H,13H2,1-2H3. The van der Waals surface area contributed by atoms with Crippen molar-refractivity contribution >= 4 is 17.0 Å². The van der Waals surface area contributed by atoms with Gasteiger partial charge in [-0.15, -0.1) is 0 Å². The lowest BCUT2D eigenvalue weighted by Crippen LogP contribution is -2.35. The number of amides is 1. The number of rotatable bonds is 5. The van der Waals surface area contributed by atoms with Gasteiger partial charge in [0.25, 0.3) is 0 Å². The summed E-state index contributed by atoms with van der Waals surface area (Å²) in [5.74, 6) is -0.714. The molecule has 0 radical (unpaired) electrons. The molecule has 2 heterocycles. The Kier molecular flexibility index (Phi) is 4.57. The van der Waals surface area contributed by atoms with Crippen molar-refractivity contribution in [3.05, 3.63) is 83.1 Å². The Bertz CT molecular complexity index is 1170. The minimum atomic E-state index is -0.676. The molecule has 7 nitrogen and oxygen atoms in total. The van der Waals surface area contributed by atoms with Crippen molar-refractivity contribution in [1.29, 1.82) is 0 Å². The van der Waals surface area contributed by atoms with Crippen molar-refractivity contribution in [1.82, 2.24) is 19.2 Å². The van der Waals surface area contributed by atoms with Crippen molar-refractivity contribution < 1.29 is 9.21 Å². The summed E-state index contributed by atoms with van der Waals surface area (Å²) in [6.07, 6.45) is 3.63. The van der Waals surface area contributed by atoms with Crippen molar-refractivity contribution in [3.8, 4) is 5.69 Å². The Morgan fingerprint density at radius 3 is 2.64 bits per heavy atom. The van der Waals surface area contributed by atoms with E-state index in [9.17, 15) is 9.59 Å². The summed E-state index contributed by atoms with van der Waals surface area (Å²) in [5, 5.41) is 4.36. The second kappa shape index (κ2) is 7.19. The van der Waals surface area contributed by atoms with Gasteiger partial charge in [0, 0.05) is 25.4 Å². The predicted octanol–water partition coefficient (Wildman–Crippen LogP) is 3.00. The van der Waals surface area contributed by atoms with E-state index in [2.05, 4.69) is 5.10 Å². The summed E-state index contributed by atoms with van der Waals surface area (Å²) >= 11 is 0. The van der Waals surface area contributed by atoms with Crippen LogP contribution in [0.25, 0.3) is 16.8 Å². The highest BCUT2D eigenvalue weighted by Crippen LogP contribution is 2.19. The quantitative estimate of drug-likeness (QED) is 0.537. The number of nitrogens with zero attached hydrogens (tertiary/aromatic N) is 4. The minimum absolute atomic E-state index is 0.180. The number of oxazole rings is 1. The number of likely N-dealkylation sites (N-methyl/N-ethyl adjacent to an activating group) is 1. The molecule has 4 aromatic rings. The van der Waals surface area contributed by atoms with Crippen LogP contribution < -0.4 is 5.76 Å². The molecule has 4 rings (SSSR count). The van der Waals surface area contributed by atoms with Gasteiger partial charge in [-0.1, -0.05) is 30.3 Å². The van der Waals surface area contributed by atoms with Crippen LogP contribution in [-0.4, -0.2) is 32.2 Å². The van der Waals surface area contributed by atoms with Gasteiger partial charge in [0.05, 0.1) is 17.4 Å². The number of para-hydroxylation sites is 3. The maximum absolute atomic E-state index is 12.9. The van der Waals surface area contributed by atoms with E-state index < -0.39 is 11.8 Å². The van der Waals surface area contributed by atoms with Gasteiger partial charge in [-0.05, 0) is 31.2 Å². The molecule has 142 valence electrons. The van der Waals surface area contributed by atoms with Crippen LogP contribution in [0, 0.1) is 0 Å². The predicted molar refractivity (Wildman–Crippen MR) is 105 cm³/mol. The first-order valence-corrected chi connectivity index (χ1v) is 8.98. The van der Waals surface area contributed by atoms with E-state index in [1.807, 2.05) is 42.6 Å². The lowest BCUT2D eigenvalue weighted by Gasteiger charge is -2.21. The Morgan fingerprint density at radius 1 is 1.14 bits per heavy atom. The van der Waals surface area contributed by atoms with Crippen LogP contribution in [0.5, 0.6) is 0 Å². The first-order valence-electron chi connectivity index (χ1n) is 8.98. The van der Waals surface area contributed by atoms with Crippen molar-refractivity contribution in [2.24, 2.45) is 0 Å². The number of hydrogen-bond donors (Lipinski definition) is 0. The van der Waals surface area contributed by atoms with Gasteiger partial charge in [0.15, 0.2) is 5.58 Å². The third kappa shape index (κ3) is 3.22. The minimum Gasteiger partial charge on any atom is -0.408 e. The molecular weight excluding hydrogens is 356 g/mol. The molecule has 1 atom stereocenters. The van der Waals surface area contributed by atoms with E-state index >= 15 is 0 Å². The molecule has 1 amide bonds. The molecule has 0 aliphatic carbocycles. The highest BCUT2D eigenvalue weighted by atomic mass is 16.4. The second-order valence-electron chi connectivity index (χ2n) is 6.70. The SMILES string of the molecule is CC(C(=O)N(C)Cc1cnn(-c2ccccc2)c1)n1c(=O)oc2ccccc21. The highest BCUT2D eigenvalue weighted by molar-refractivity contribution is 5.82. The summed E-state index contributed by atoms with van der Waals surface area (Å²) in [6, 6.07) is 16.2. The summed E-state index contributed by atoms with van der Waals surface area (Å²) in [4.78, 5) is 26.7. The van der Waals surface area contributed by atoms with E-state index in [4.69, 9.17) is 4.42 Å². The molecule has 0 fully saturated rings. The molecule has 0 aliphatic rings. The molecule has 0 N–H and O–H groups in total. The number of benzene rings is 2. The van der Waals surface area contributed by atoms with Gasteiger partial charge in [-0.25, -0.2) is 9.48 Å². The zero-order chi connectivity index (χ0) is 19.7. The van der Waals surface area contributed by atoms with Crippen LogP contribution in [0.4, 0.5) is 0 Å². The van der Waals surface area contributed by atoms with Gasteiger partial charge in [0.1, 0.15) is 6.04 Å². The summed E-state index contributed by atoms with van der Waals surface area (Å²) in [5.41, 5.74) is 2.93. The summed E-state index contributed by atoms with van der Waals surface area (Å²) in [7, 11) is 1.71. The van der Waals surface area contributed by atoms with Crippen molar-refractivity contribution in [2.75, 3.05) is 7.05 Å². The van der Waals surface area contributed by atoms with E-state index in [1.54, 1.807) is 47.9 Å². The Hall–Kier alpha value is -3.61. The van der Waals surface area contributed by atoms with E-state index in [1.165, 1.54) is 4.57 Å². The van der Waals surface area contributed by atoms with E-state index in [-0.39, 0.29) is 5.91 Å². The first-order chi connectivity index (χ1) is 13.5. The maximum atomic E-state index is 12.9. The van der Waals surface area contributed by atoms with Crippen LogP contribution in [0.2, 0.25) is 0 Å². The Balaban J connectivity index is 1.53. The molecule has 0 saturated heterocycles. The van der Waals surface area contributed by atoms with Crippen LogP contribution in [0.15, 0.2) is 76.2 Å². The number of fused-ring (bicyclic) bond motifs is 1. The van der Waals surface area contributed by atoms with E-state index in [0.29, 0.717) is 17.6 Å². The van der Waals surface area contributed by atoms with Gasteiger partial charge < -0.3 is 9.32 Å². The zero-order valence-electron chi connectivity index (χ0n) is 15.6. The number of aromatic nitrogens is 3. The number of carbonyl (C=O) groups is 1. The fourth-order valence-corrected chi connectivity index (χ4v) is 3.30. The summed E-state index contributed by atoms with van der Waals surface area (Å²) in [6.45, 7) is 2.09. The second-order valence-corrected chi connectivity index (χ2v) is 6.70. The fraction of sp³-hybridized carbons (Fsp3) is 0.190. The largest absolute Gasteiger partial charge is 0.420 e. The normalized spacial score (nSPS) is 12.2. The third-order valence-corrected chi connectivity index (χ3v) is 4.72. The molecule has 0 spiro atoms. The average Bonchev–Trinajstić information content (AvgIpc) is 3.31. The van der Waals surface area contributed by atoms with Gasteiger partial charge in [-0.2, -0.15) is 5.10 Å². The van der Waals surface area contributed by atoms with Crippen LogP contribution in [0.1, 0.15) is 18.5 Å². The lowest BCUT2D eigenvalue weighted by atomic mass is 10.2. The molecule has 0 aliphatic heterocycles.